The molecule has 0 radical (unpaired) electrons. The van der Waals surface area contributed by atoms with Crippen LogP contribution in [0.2, 0.25) is 5.02 Å². The predicted octanol–water partition coefficient (Wildman–Crippen LogP) is 5.15. The lowest BCUT2D eigenvalue weighted by molar-refractivity contribution is -0.255. The second kappa shape index (κ2) is 7.89. The third-order valence-corrected chi connectivity index (χ3v) is 5.59. The van der Waals surface area contributed by atoms with Gasteiger partial charge in [0.15, 0.2) is 0 Å². The van der Waals surface area contributed by atoms with E-state index in [1.165, 1.54) is 12.1 Å². The van der Waals surface area contributed by atoms with Crippen LogP contribution in [0.5, 0.6) is 5.75 Å². The SMILES string of the molecule is O=C([O-])c1cccc(-c2ccccc2-c2cc(Cl)ccc2OCC2(C(F)(F)F)CC2)n1. The van der Waals surface area contributed by atoms with E-state index in [9.17, 15) is 23.1 Å². The lowest BCUT2D eigenvalue weighted by Crippen LogP contribution is -2.30. The summed E-state index contributed by atoms with van der Waals surface area (Å²) in [6.07, 6.45) is -4.25. The van der Waals surface area contributed by atoms with Crippen LogP contribution in [0.1, 0.15) is 23.3 Å². The van der Waals surface area contributed by atoms with Gasteiger partial charge in [0.1, 0.15) is 17.8 Å². The molecule has 4 nitrogen and oxygen atoms in total. The first-order valence-electron chi connectivity index (χ1n) is 9.47. The molecule has 1 aromatic heterocycles. The molecule has 0 amide bonds. The van der Waals surface area contributed by atoms with Crippen LogP contribution in [-0.2, 0) is 0 Å². The smallest absolute Gasteiger partial charge is 0.397 e. The molecule has 0 unspecified atom stereocenters. The van der Waals surface area contributed by atoms with Gasteiger partial charge in [0, 0.05) is 16.1 Å². The molecule has 0 atom stereocenters. The Morgan fingerprint density at radius 3 is 2.39 bits per heavy atom. The number of ether oxygens (including phenoxy) is 1. The fourth-order valence-corrected chi connectivity index (χ4v) is 3.53. The fourth-order valence-electron chi connectivity index (χ4n) is 3.35. The number of carboxylic acid groups (broad SMARTS) is 1. The second-order valence-electron chi connectivity index (χ2n) is 7.45. The van der Waals surface area contributed by atoms with Crippen LogP contribution in [0.15, 0.2) is 60.7 Å². The highest BCUT2D eigenvalue weighted by Crippen LogP contribution is 2.57. The summed E-state index contributed by atoms with van der Waals surface area (Å²) in [5, 5.41) is 11.6. The maximum absolute atomic E-state index is 13.3. The molecule has 3 aromatic rings. The molecule has 1 fully saturated rings. The van der Waals surface area contributed by atoms with Crippen LogP contribution in [-0.4, -0.2) is 23.7 Å². The monoisotopic (exact) mass is 446 g/mol. The van der Waals surface area contributed by atoms with Gasteiger partial charge >= 0.3 is 6.18 Å². The minimum atomic E-state index is -4.33. The Hall–Kier alpha value is -3.06. The largest absolute Gasteiger partial charge is 0.543 e. The Labute approximate surface area is 181 Å². The first kappa shape index (κ1) is 21.2. The molecule has 31 heavy (non-hydrogen) atoms. The topological polar surface area (TPSA) is 62.2 Å². The number of aromatic nitrogens is 1. The quantitative estimate of drug-likeness (QED) is 0.525. The summed E-state index contributed by atoms with van der Waals surface area (Å²) in [6, 6.07) is 16.2. The molecule has 0 spiro atoms. The van der Waals surface area contributed by atoms with Crippen LogP contribution in [0.25, 0.3) is 22.4 Å². The van der Waals surface area contributed by atoms with Gasteiger partial charge in [-0.05, 0) is 48.7 Å². The van der Waals surface area contributed by atoms with Gasteiger partial charge in [0.25, 0.3) is 0 Å². The molecule has 0 bridgehead atoms. The number of pyridine rings is 1. The van der Waals surface area contributed by atoms with Crippen LogP contribution >= 0.6 is 11.6 Å². The third-order valence-electron chi connectivity index (χ3n) is 5.35. The number of nitrogens with zero attached hydrogens (tertiary/aromatic N) is 1. The van der Waals surface area contributed by atoms with Crippen LogP contribution < -0.4 is 9.84 Å². The van der Waals surface area contributed by atoms with Crippen molar-refractivity contribution in [1.82, 2.24) is 4.98 Å². The number of aromatic carboxylic acids is 1. The summed E-state index contributed by atoms with van der Waals surface area (Å²) in [5.41, 5.74) is -0.00230. The van der Waals surface area contributed by atoms with Gasteiger partial charge in [-0.3, -0.25) is 0 Å². The van der Waals surface area contributed by atoms with Gasteiger partial charge < -0.3 is 14.6 Å². The van der Waals surface area contributed by atoms with E-state index in [0.29, 0.717) is 27.4 Å². The highest BCUT2D eigenvalue weighted by molar-refractivity contribution is 6.31. The normalized spacial score (nSPS) is 14.8. The summed E-state index contributed by atoms with van der Waals surface area (Å²) in [6.45, 7) is -0.480. The van der Waals surface area contributed by atoms with Crippen molar-refractivity contribution in [2.45, 2.75) is 19.0 Å². The number of carbonyl (C=O) groups excluding carboxylic acids is 1. The molecule has 0 aliphatic heterocycles. The maximum atomic E-state index is 13.3. The molecule has 0 saturated heterocycles. The zero-order valence-corrected chi connectivity index (χ0v) is 16.8. The Morgan fingerprint density at radius 1 is 1.03 bits per heavy atom. The highest BCUT2D eigenvalue weighted by atomic mass is 35.5. The minimum absolute atomic E-state index is 0.0376. The number of carbonyl (C=O) groups is 1. The van der Waals surface area contributed by atoms with E-state index in [-0.39, 0.29) is 24.3 Å². The van der Waals surface area contributed by atoms with Crippen LogP contribution in [0, 0.1) is 5.41 Å². The Balaban J connectivity index is 1.75. The lowest BCUT2D eigenvalue weighted by Gasteiger charge is -2.21. The van der Waals surface area contributed by atoms with E-state index in [4.69, 9.17) is 16.3 Å². The molecule has 1 saturated carbocycles. The third kappa shape index (κ3) is 4.23. The van der Waals surface area contributed by atoms with E-state index in [2.05, 4.69) is 4.98 Å². The summed E-state index contributed by atoms with van der Waals surface area (Å²) in [5.74, 6) is -1.16. The highest BCUT2D eigenvalue weighted by Gasteiger charge is 2.63. The van der Waals surface area contributed by atoms with E-state index >= 15 is 0 Å². The van der Waals surface area contributed by atoms with Crippen molar-refractivity contribution >= 4 is 17.6 Å². The lowest BCUT2D eigenvalue weighted by atomic mass is 9.96. The van der Waals surface area contributed by atoms with Crippen molar-refractivity contribution in [3.8, 4) is 28.1 Å². The van der Waals surface area contributed by atoms with E-state index < -0.39 is 24.2 Å². The zero-order chi connectivity index (χ0) is 22.2. The number of carboxylic acids is 1. The number of hydrogen-bond donors (Lipinski definition) is 0. The molecule has 2 aromatic carbocycles. The van der Waals surface area contributed by atoms with Crippen molar-refractivity contribution in [2.75, 3.05) is 6.61 Å². The van der Waals surface area contributed by atoms with Crippen molar-refractivity contribution in [2.24, 2.45) is 5.41 Å². The zero-order valence-electron chi connectivity index (χ0n) is 16.1. The number of rotatable bonds is 6. The Kier molecular flexibility index (Phi) is 5.39. The van der Waals surface area contributed by atoms with Crippen molar-refractivity contribution in [3.05, 3.63) is 71.4 Å². The summed E-state index contributed by atoms with van der Waals surface area (Å²) in [4.78, 5) is 15.3. The average Bonchev–Trinajstić information content (AvgIpc) is 3.54. The minimum Gasteiger partial charge on any atom is -0.543 e. The first-order chi connectivity index (χ1) is 14.7. The van der Waals surface area contributed by atoms with Crippen LogP contribution in [0.4, 0.5) is 13.2 Å². The number of alkyl halides is 3. The molecule has 160 valence electrons. The van der Waals surface area contributed by atoms with E-state index in [1.807, 2.05) is 0 Å². The Bertz CT molecular complexity index is 1140. The first-order valence-corrected chi connectivity index (χ1v) is 9.85. The molecular weight excluding hydrogens is 431 g/mol. The molecule has 8 heteroatoms. The van der Waals surface area contributed by atoms with Gasteiger partial charge in [0.2, 0.25) is 0 Å². The van der Waals surface area contributed by atoms with Crippen molar-refractivity contribution < 1.29 is 27.8 Å². The average molecular weight is 447 g/mol. The van der Waals surface area contributed by atoms with Gasteiger partial charge in [-0.15, -0.1) is 0 Å². The van der Waals surface area contributed by atoms with Crippen molar-refractivity contribution in [1.29, 1.82) is 0 Å². The second-order valence-corrected chi connectivity index (χ2v) is 7.88. The van der Waals surface area contributed by atoms with Gasteiger partial charge in [0.05, 0.1) is 17.4 Å². The molecule has 0 N–H and O–H groups in total. The van der Waals surface area contributed by atoms with E-state index in [0.717, 1.165) is 0 Å². The Morgan fingerprint density at radius 2 is 1.74 bits per heavy atom. The van der Waals surface area contributed by atoms with E-state index in [1.54, 1.807) is 48.5 Å². The van der Waals surface area contributed by atoms with Gasteiger partial charge in [-0.1, -0.05) is 41.9 Å². The maximum Gasteiger partial charge on any atom is 0.397 e. The molecule has 1 heterocycles. The molecular formula is C23H16ClF3NO3-. The standard InChI is InChI=1S/C23H17ClF3NO3/c24-14-8-9-20(31-13-22(10-11-22)23(25,26)27)17(12-14)15-4-1-2-5-16(15)18-6-3-7-19(28-18)21(29)30/h1-9,12H,10-11,13H2,(H,29,30)/p-1. The summed E-state index contributed by atoms with van der Waals surface area (Å²) < 4.78 is 45.6. The van der Waals surface area contributed by atoms with Gasteiger partial charge in [-0.25, -0.2) is 4.98 Å². The summed E-state index contributed by atoms with van der Waals surface area (Å²) in [7, 11) is 0. The number of hydrogen-bond acceptors (Lipinski definition) is 4. The molecule has 4 rings (SSSR count). The van der Waals surface area contributed by atoms with Crippen LogP contribution in [0.3, 0.4) is 0 Å². The van der Waals surface area contributed by atoms with Crippen molar-refractivity contribution in [3.63, 3.8) is 0 Å². The molecule has 1 aliphatic carbocycles. The predicted molar refractivity (Wildman–Crippen MR) is 108 cm³/mol. The summed E-state index contributed by atoms with van der Waals surface area (Å²) >= 11 is 6.17. The number of halogens is 4. The van der Waals surface area contributed by atoms with Gasteiger partial charge in [-0.2, -0.15) is 13.2 Å². The molecule has 1 aliphatic rings. The number of benzene rings is 2. The fraction of sp³-hybridized carbons (Fsp3) is 0.217.